The van der Waals surface area contributed by atoms with Gasteiger partial charge in [-0.2, -0.15) is 13.2 Å². The number of hydrogen-bond acceptors (Lipinski definition) is 5. The van der Waals surface area contributed by atoms with Gasteiger partial charge in [0.2, 0.25) is 0 Å². The molecule has 40 heavy (non-hydrogen) atoms. The van der Waals surface area contributed by atoms with Gasteiger partial charge in [-0.15, -0.1) is 0 Å². The summed E-state index contributed by atoms with van der Waals surface area (Å²) in [5.41, 5.74) is 2.15. The molecule has 0 unspecified atom stereocenters. The van der Waals surface area contributed by atoms with E-state index in [1.54, 1.807) is 25.3 Å². The molecule has 2 aromatic rings. The van der Waals surface area contributed by atoms with Crippen molar-refractivity contribution in [2.45, 2.75) is 45.8 Å². The summed E-state index contributed by atoms with van der Waals surface area (Å²) in [5.74, 6) is -0.673. The highest BCUT2D eigenvalue weighted by atomic mass is 35.5. The molecule has 0 aromatic heterocycles. The zero-order valence-electron chi connectivity index (χ0n) is 23.0. The van der Waals surface area contributed by atoms with E-state index >= 15 is 0 Å². The number of alkyl halides is 3. The van der Waals surface area contributed by atoms with Crippen LogP contribution in [0.4, 0.5) is 13.2 Å². The van der Waals surface area contributed by atoms with Crippen molar-refractivity contribution in [2.24, 2.45) is 11.3 Å². The highest BCUT2D eigenvalue weighted by Crippen LogP contribution is 2.41. The second kappa shape index (κ2) is 13.6. The molecule has 0 radical (unpaired) electrons. The Morgan fingerprint density at radius 1 is 1.05 bits per heavy atom. The fraction of sp³-hybridized carbons (Fsp3) is 0.517. The van der Waals surface area contributed by atoms with Crippen molar-refractivity contribution in [1.82, 2.24) is 9.80 Å². The van der Waals surface area contributed by atoms with Gasteiger partial charge in [-0.05, 0) is 61.4 Å². The summed E-state index contributed by atoms with van der Waals surface area (Å²) >= 11 is 6.06. The molecule has 2 fully saturated rings. The van der Waals surface area contributed by atoms with Gasteiger partial charge in [0.05, 0.1) is 19.3 Å². The molecule has 2 aromatic carbocycles. The highest BCUT2D eigenvalue weighted by Gasteiger charge is 2.41. The number of piperidine rings is 1. The Balaban J connectivity index is 0.000000559. The number of halogens is 4. The molecule has 2 heterocycles. The summed E-state index contributed by atoms with van der Waals surface area (Å²) in [5, 5.41) is 7.70. The van der Waals surface area contributed by atoms with E-state index in [0.717, 1.165) is 57.9 Å². The van der Waals surface area contributed by atoms with Crippen LogP contribution in [-0.4, -0.2) is 72.9 Å². The van der Waals surface area contributed by atoms with E-state index in [4.69, 9.17) is 31.0 Å². The monoisotopic (exact) mass is 584 g/mol. The SMILES string of the molecule is COc1cc(Cl)ccc1C(=O)N1CCC2(CCN(Cc3ccccc3OCC(C)C)C2)CC1.O=C(O)C(F)(F)F. The lowest BCUT2D eigenvalue weighted by molar-refractivity contribution is -0.192. The Morgan fingerprint density at radius 2 is 1.68 bits per heavy atom. The van der Waals surface area contributed by atoms with Crippen LogP contribution in [0.15, 0.2) is 42.5 Å². The number of para-hydroxylation sites is 1. The molecule has 220 valence electrons. The third-order valence-electron chi connectivity index (χ3n) is 7.20. The van der Waals surface area contributed by atoms with Gasteiger partial charge in [0.15, 0.2) is 0 Å². The first kappa shape index (κ1) is 31.5. The molecule has 2 aliphatic rings. The van der Waals surface area contributed by atoms with Crippen LogP contribution >= 0.6 is 11.6 Å². The van der Waals surface area contributed by atoms with Crippen LogP contribution in [0.25, 0.3) is 0 Å². The summed E-state index contributed by atoms with van der Waals surface area (Å²) in [6.07, 6.45) is -1.82. The number of ether oxygens (including phenoxy) is 2. The average Bonchev–Trinajstić information content (AvgIpc) is 3.29. The van der Waals surface area contributed by atoms with Crippen LogP contribution in [0.3, 0.4) is 0 Å². The van der Waals surface area contributed by atoms with E-state index in [1.807, 2.05) is 11.0 Å². The van der Waals surface area contributed by atoms with Crippen LogP contribution in [-0.2, 0) is 11.3 Å². The minimum atomic E-state index is -5.08. The van der Waals surface area contributed by atoms with Gasteiger partial charge in [-0.25, -0.2) is 4.79 Å². The normalized spacial score (nSPS) is 16.9. The Bertz CT molecular complexity index is 1170. The third kappa shape index (κ3) is 8.51. The summed E-state index contributed by atoms with van der Waals surface area (Å²) in [7, 11) is 1.58. The van der Waals surface area contributed by atoms with Gasteiger partial charge < -0.3 is 19.5 Å². The van der Waals surface area contributed by atoms with Crippen LogP contribution < -0.4 is 9.47 Å². The largest absolute Gasteiger partial charge is 0.496 e. The molecule has 2 aliphatic heterocycles. The number of methoxy groups -OCH3 is 1. The topological polar surface area (TPSA) is 79.3 Å². The Labute approximate surface area is 237 Å². The minimum absolute atomic E-state index is 0.0319. The number of carbonyl (C=O) groups is 2. The van der Waals surface area contributed by atoms with Crippen molar-refractivity contribution < 1.29 is 37.3 Å². The maximum atomic E-state index is 13.1. The lowest BCUT2D eigenvalue weighted by Gasteiger charge is -2.39. The first-order chi connectivity index (χ1) is 18.8. The summed E-state index contributed by atoms with van der Waals surface area (Å²) in [6, 6.07) is 13.6. The number of likely N-dealkylation sites (tertiary alicyclic amines) is 2. The predicted molar refractivity (Wildman–Crippen MR) is 146 cm³/mol. The van der Waals surface area contributed by atoms with Crippen LogP contribution in [0.1, 0.15) is 49.0 Å². The van der Waals surface area contributed by atoms with Gasteiger partial charge in [-0.3, -0.25) is 9.69 Å². The third-order valence-corrected chi connectivity index (χ3v) is 7.44. The molecule has 0 atom stereocenters. The number of nitrogens with zero attached hydrogens (tertiary/aromatic N) is 2. The quantitative estimate of drug-likeness (QED) is 0.421. The number of aliphatic carboxylic acids is 1. The maximum Gasteiger partial charge on any atom is 0.490 e. The van der Waals surface area contributed by atoms with Gasteiger partial charge in [0, 0.05) is 36.8 Å². The summed E-state index contributed by atoms with van der Waals surface area (Å²) < 4.78 is 43.2. The Morgan fingerprint density at radius 3 is 2.27 bits per heavy atom. The Kier molecular flexibility index (Phi) is 10.7. The average molecular weight is 585 g/mol. The molecule has 1 spiro atoms. The van der Waals surface area contributed by atoms with Gasteiger partial charge >= 0.3 is 12.1 Å². The molecule has 7 nitrogen and oxygen atoms in total. The number of hydrogen-bond donors (Lipinski definition) is 1. The van der Waals surface area contributed by atoms with E-state index in [0.29, 0.717) is 27.7 Å². The van der Waals surface area contributed by atoms with Crippen LogP contribution in [0.5, 0.6) is 11.5 Å². The number of rotatable bonds is 7. The number of carbonyl (C=O) groups excluding carboxylic acids is 1. The predicted octanol–water partition coefficient (Wildman–Crippen LogP) is 6.15. The molecule has 2 saturated heterocycles. The molecule has 0 aliphatic carbocycles. The highest BCUT2D eigenvalue weighted by molar-refractivity contribution is 6.30. The number of amides is 1. The zero-order valence-corrected chi connectivity index (χ0v) is 23.7. The van der Waals surface area contributed by atoms with Crippen LogP contribution in [0, 0.1) is 11.3 Å². The molecule has 0 saturated carbocycles. The van der Waals surface area contributed by atoms with E-state index < -0.39 is 12.1 Å². The molecule has 11 heteroatoms. The van der Waals surface area contributed by atoms with Gasteiger partial charge in [0.1, 0.15) is 11.5 Å². The minimum Gasteiger partial charge on any atom is -0.496 e. The van der Waals surface area contributed by atoms with Gasteiger partial charge in [0.25, 0.3) is 5.91 Å². The van der Waals surface area contributed by atoms with Crippen molar-refractivity contribution in [3.8, 4) is 11.5 Å². The number of carboxylic acids is 1. The van der Waals surface area contributed by atoms with Crippen molar-refractivity contribution in [1.29, 1.82) is 0 Å². The van der Waals surface area contributed by atoms with E-state index in [9.17, 15) is 18.0 Å². The van der Waals surface area contributed by atoms with Crippen LogP contribution in [0.2, 0.25) is 5.02 Å². The van der Waals surface area contributed by atoms with Gasteiger partial charge in [-0.1, -0.05) is 43.6 Å². The fourth-order valence-corrected chi connectivity index (χ4v) is 5.20. The first-order valence-electron chi connectivity index (χ1n) is 13.2. The molecule has 4 rings (SSSR count). The van der Waals surface area contributed by atoms with Crippen molar-refractivity contribution >= 4 is 23.5 Å². The second-order valence-corrected chi connectivity index (χ2v) is 11.1. The fourth-order valence-electron chi connectivity index (χ4n) is 5.04. The second-order valence-electron chi connectivity index (χ2n) is 10.7. The Hall–Kier alpha value is -2.98. The smallest absolute Gasteiger partial charge is 0.490 e. The van der Waals surface area contributed by atoms with Crippen molar-refractivity contribution in [2.75, 3.05) is 39.9 Å². The summed E-state index contributed by atoms with van der Waals surface area (Å²) in [6.45, 7) is 9.75. The molecule has 0 bridgehead atoms. The molecule has 1 N–H and O–H groups in total. The van der Waals surface area contributed by atoms with Crippen molar-refractivity contribution in [3.05, 3.63) is 58.6 Å². The van der Waals surface area contributed by atoms with Crippen molar-refractivity contribution in [3.63, 3.8) is 0 Å². The van der Waals surface area contributed by atoms with E-state index in [2.05, 4.69) is 36.9 Å². The standard InChI is InChI=1S/C27H35ClN2O3.C2HF3O2/c1-20(2)18-33-24-7-5-4-6-21(24)17-29-13-10-27(19-29)11-14-30(15-12-27)26(31)23-9-8-22(28)16-25(23)32-3;3-2(4,5)1(6)7/h4-9,16,20H,10-15,17-19H2,1-3H3;(H,6,7). The lowest BCUT2D eigenvalue weighted by atomic mass is 9.77. The molecule has 1 amide bonds. The number of benzene rings is 2. The lowest BCUT2D eigenvalue weighted by Crippen LogP contribution is -2.44. The zero-order chi connectivity index (χ0) is 29.5. The van der Waals surface area contributed by atoms with E-state index in [-0.39, 0.29) is 5.91 Å². The number of carboxylic acid groups (broad SMARTS) is 1. The summed E-state index contributed by atoms with van der Waals surface area (Å²) in [4.78, 5) is 26.5. The first-order valence-corrected chi connectivity index (χ1v) is 13.6. The molecular formula is C29H36ClF3N2O5. The maximum absolute atomic E-state index is 13.1. The van der Waals surface area contributed by atoms with E-state index in [1.165, 1.54) is 12.0 Å². The molecular weight excluding hydrogens is 549 g/mol.